The number of halogens is 1. The van der Waals surface area contributed by atoms with Crippen LogP contribution in [-0.4, -0.2) is 47.3 Å². The van der Waals surface area contributed by atoms with Crippen LogP contribution in [0.4, 0.5) is 0 Å². The van der Waals surface area contributed by atoms with Crippen molar-refractivity contribution in [3.8, 4) is 17.3 Å². The van der Waals surface area contributed by atoms with E-state index in [1.165, 1.54) is 0 Å². The van der Waals surface area contributed by atoms with E-state index in [4.69, 9.17) is 9.26 Å². The Balaban J connectivity index is 0.00000320. The first-order valence-electron chi connectivity index (χ1n) is 9.79. The van der Waals surface area contributed by atoms with E-state index in [9.17, 15) is 0 Å². The minimum atomic E-state index is 0. The van der Waals surface area contributed by atoms with Gasteiger partial charge in [-0.1, -0.05) is 29.4 Å². The first kappa shape index (κ1) is 23.6. The van der Waals surface area contributed by atoms with Gasteiger partial charge in [-0.15, -0.1) is 24.0 Å². The van der Waals surface area contributed by atoms with Gasteiger partial charge in [0.1, 0.15) is 11.4 Å². The van der Waals surface area contributed by atoms with Gasteiger partial charge in [0.05, 0.1) is 6.61 Å². The van der Waals surface area contributed by atoms with Crippen LogP contribution in [0.1, 0.15) is 19.2 Å². The van der Waals surface area contributed by atoms with E-state index in [2.05, 4.69) is 30.8 Å². The maximum atomic E-state index is 5.68. The lowest BCUT2D eigenvalue weighted by Crippen LogP contribution is -2.38. The van der Waals surface area contributed by atoms with Gasteiger partial charge >= 0.3 is 0 Å². The predicted octanol–water partition coefficient (Wildman–Crippen LogP) is 3.32. The molecule has 2 N–H and O–H groups in total. The van der Waals surface area contributed by atoms with E-state index >= 15 is 0 Å². The summed E-state index contributed by atoms with van der Waals surface area (Å²) >= 11 is 0. The summed E-state index contributed by atoms with van der Waals surface area (Å²) in [6.07, 6.45) is 3.16. The second kappa shape index (κ2) is 13.5. The minimum Gasteiger partial charge on any atom is -0.494 e. The Morgan fingerprint density at radius 3 is 2.70 bits per heavy atom. The van der Waals surface area contributed by atoms with E-state index in [1.54, 1.807) is 6.20 Å². The molecule has 0 saturated heterocycles. The third-order valence-electron chi connectivity index (χ3n) is 3.92. The maximum Gasteiger partial charge on any atom is 0.276 e. The fourth-order valence-electron chi connectivity index (χ4n) is 2.55. The molecule has 2 aromatic heterocycles. The number of aliphatic imine (C=N–C) groups is 1. The second-order valence-electron chi connectivity index (χ2n) is 6.18. The normalized spacial score (nSPS) is 10.9. The molecule has 3 aromatic rings. The van der Waals surface area contributed by atoms with E-state index in [1.807, 2.05) is 55.5 Å². The molecule has 30 heavy (non-hydrogen) atoms. The van der Waals surface area contributed by atoms with Crippen LogP contribution in [0.2, 0.25) is 0 Å². The highest BCUT2D eigenvalue weighted by Crippen LogP contribution is 2.13. The molecule has 0 saturated carbocycles. The number of pyridine rings is 1. The number of hydrogen-bond donors (Lipinski definition) is 2. The molecule has 0 unspecified atom stereocenters. The number of para-hydroxylation sites is 1. The van der Waals surface area contributed by atoms with Crippen LogP contribution in [0.15, 0.2) is 64.2 Å². The molecule has 0 aliphatic rings. The average molecular weight is 522 g/mol. The van der Waals surface area contributed by atoms with Crippen LogP contribution in [0.5, 0.6) is 5.75 Å². The summed E-state index contributed by atoms with van der Waals surface area (Å²) in [5.41, 5.74) is 0.673. The lowest BCUT2D eigenvalue weighted by Gasteiger charge is -2.10. The Labute approximate surface area is 193 Å². The van der Waals surface area contributed by atoms with Gasteiger partial charge in [-0.25, -0.2) is 0 Å². The van der Waals surface area contributed by atoms with Crippen molar-refractivity contribution in [2.45, 2.75) is 19.8 Å². The first-order chi connectivity index (χ1) is 14.3. The van der Waals surface area contributed by atoms with E-state index < -0.39 is 0 Å². The molecule has 2 heterocycles. The number of guanidine groups is 1. The highest BCUT2D eigenvalue weighted by Gasteiger charge is 2.09. The Kier molecular flexibility index (Phi) is 10.6. The molecular formula is C21H27IN6O2. The number of ether oxygens (including phenoxy) is 1. The molecule has 0 aliphatic heterocycles. The zero-order valence-corrected chi connectivity index (χ0v) is 19.3. The van der Waals surface area contributed by atoms with Crippen LogP contribution < -0.4 is 15.4 Å². The fraction of sp³-hybridized carbons (Fsp3) is 0.333. The summed E-state index contributed by atoms with van der Waals surface area (Å²) in [5, 5.41) is 10.5. The molecule has 8 nitrogen and oxygen atoms in total. The van der Waals surface area contributed by atoms with Gasteiger partial charge < -0.3 is 19.9 Å². The number of benzene rings is 1. The van der Waals surface area contributed by atoms with Crippen molar-refractivity contribution in [2.24, 2.45) is 4.99 Å². The summed E-state index contributed by atoms with van der Waals surface area (Å²) < 4.78 is 11.0. The molecule has 0 fully saturated rings. The van der Waals surface area contributed by atoms with Crippen LogP contribution in [0.25, 0.3) is 11.6 Å². The number of nitrogens with zero attached hydrogens (tertiary/aromatic N) is 4. The Morgan fingerprint density at radius 1 is 1.10 bits per heavy atom. The predicted molar refractivity (Wildman–Crippen MR) is 127 cm³/mol. The molecule has 0 aliphatic carbocycles. The Bertz CT molecular complexity index is 873. The quantitative estimate of drug-likeness (QED) is 0.183. The van der Waals surface area contributed by atoms with Gasteiger partial charge in [0.25, 0.3) is 5.89 Å². The molecule has 9 heteroatoms. The van der Waals surface area contributed by atoms with Crippen molar-refractivity contribution >= 4 is 29.9 Å². The van der Waals surface area contributed by atoms with Crippen molar-refractivity contribution in [1.29, 1.82) is 0 Å². The first-order valence-corrected chi connectivity index (χ1v) is 9.79. The van der Waals surface area contributed by atoms with Gasteiger partial charge in [0.2, 0.25) is 0 Å². The van der Waals surface area contributed by atoms with Gasteiger partial charge in [-0.3, -0.25) is 9.98 Å². The van der Waals surface area contributed by atoms with Crippen molar-refractivity contribution in [1.82, 2.24) is 25.8 Å². The molecule has 0 radical (unpaired) electrons. The minimum absolute atomic E-state index is 0. The molecule has 0 atom stereocenters. The SMILES string of the molecule is CCNC(=NCCCOc1ccccc1)NCCc1noc(-c2ccccn2)n1.I. The molecule has 1 aromatic carbocycles. The molecule has 0 amide bonds. The van der Waals surface area contributed by atoms with Crippen LogP contribution >= 0.6 is 24.0 Å². The van der Waals surface area contributed by atoms with Crippen molar-refractivity contribution in [2.75, 3.05) is 26.2 Å². The Morgan fingerprint density at radius 2 is 1.93 bits per heavy atom. The summed E-state index contributed by atoms with van der Waals surface area (Å²) in [6.45, 7) is 4.78. The largest absolute Gasteiger partial charge is 0.494 e. The number of aromatic nitrogens is 3. The van der Waals surface area contributed by atoms with Crippen molar-refractivity contribution < 1.29 is 9.26 Å². The van der Waals surface area contributed by atoms with Crippen molar-refractivity contribution in [3.05, 3.63) is 60.6 Å². The lowest BCUT2D eigenvalue weighted by atomic mass is 10.3. The third kappa shape index (κ3) is 7.97. The zero-order valence-electron chi connectivity index (χ0n) is 17.0. The standard InChI is InChI=1S/C21H26N6O2.HI/c1-2-22-21(24-14-8-16-28-17-9-4-3-5-10-17)25-15-12-19-26-20(29-27-19)18-11-6-7-13-23-18;/h3-7,9-11,13H,2,8,12,14-16H2,1H3,(H2,22,24,25);1H. The number of hydrogen-bond acceptors (Lipinski definition) is 6. The average Bonchev–Trinajstić information content (AvgIpc) is 3.24. The smallest absolute Gasteiger partial charge is 0.276 e. The van der Waals surface area contributed by atoms with Crippen LogP contribution in [0, 0.1) is 0 Å². The summed E-state index contributed by atoms with van der Waals surface area (Å²) in [4.78, 5) is 13.2. The number of rotatable bonds is 10. The van der Waals surface area contributed by atoms with Gasteiger partial charge in [-0.2, -0.15) is 4.98 Å². The summed E-state index contributed by atoms with van der Waals surface area (Å²) in [7, 11) is 0. The zero-order chi connectivity index (χ0) is 20.2. The summed E-state index contributed by atoms with van der Waals surface area (Å²) in [5.74, 6) is 2.71. The second-order valence-corrected chi connectivity index (χ2v) is 6.18. The topological polar surface area (TPSA) is 97.5 Å². The van der Waals surface area contributed by atoms with Crippen molar-refractivity contribution in [3.63, 3.8) is 0 Å². The van der Waals surface area contributed by atoms with E-state index in [0.29, 0.717) is 43.5 Å². The fourth-order valence-corrected chi connectivity index (χ4v) is 2.55. The lowest BCUT2D eigenvalue weighted by molar-refractivity contribution is 0.313. The molecule has 3 rings (SSSR count). The molecule has 160 valence electrons. The van der Waals surface area contributed by atoms with E-state index in [0.717, 1.165) is 24.7 Å². The van der Waals surface area contributed by atoms with Gasteiger partial charge in [-0.05, 0) is 31.2 Å². The van der Waals surface area contributed by atoms with Crippen LogP contribution in [-0.2, 0) is 6.42 Å². The van der Waals surface area contributed by atoms with Crippen LogP contribution in [0.3, 0.4) is 0 Å². The monoisotopic (exact) mass is 522 g/mol. The summed E-state index contributed by atoms with van der Waals surface area (Å²) in [6, 6.07) is 15.4. The maximum absolute atomic E-state index is 5.68. The van der Waals surface area contributed by atoms with Gasteiger partial charge in [0.15, 0.2) is 11.8 Å². The Hall–Kier alpha value is -2.69. The molecule has 0 bridgehead atoms. The highest BCUT2D eigenvalue weighted by molar-refractivity contribution is 14.0. The molecule has 0 spiro atoms. The van der Waals surface area contributed by atoms with Gasteiger partial charge in [0, 0.05) is 38.7 Å². The highest BCUT2D eigenvalue weighted by atomic mass is 127. The third-order valence-corrected chi connectivity index (χ3v) is 3.92. The number of nitrogens with one attached hydrogen (secondary N) is 2. The molecular weight excluding hydrogens is 495 g/mol. The van der Waals surface area contributed by atoms with E-state index in [-0.39, 0.29) is 24.0 Å².